The van der Waals surface area contributed by atoms with E-state index in [-0.39, 0.29) is 252 Å². The Morgan fingerprint density at radius 2 is 0.630 bits per heavy atom. The second-order valence-corrected chi connectivity index (χ2v) is 36.8. The summed E-state index contributed by atoms with van der Waals surface area (Å²) in [6, 6.07) is 0.626. The molecule has 0 aliphatic carbocycles. The molecule has 0 radical (unpaired) electrons. The first kappa shape index (κ1) is 114. The Kier molecular flexibility index (Phi) is 51.8. The lowest BCUT2D eigenvalue weighted by Gasteiger charge is -2.44. The Morgan fingerprint density at radius 3 is 0.941 bits per heavy atom. The lowest BCUT2D eigenvalue weighted by molar-refractivity contribution is -0.236. The number of hydrogen-bond acceptors (Lipinski definition) is 24. The van der Waals surface area contributed by atoms with Crippen LogP contribution in [0, 0.1) is 47.3 Å². The summed E-state index contributed by atoms with van der Waals surface area (Å²) >= 11 is 0. The van der Waals surface area contributed by atoms with Crippen molar-refractivity contribution < 1.29 is 115 Å². The lowest BCUT2D eigenvalue weighted by atomic mass is 9.81. The Hall–Kier alpha value is -9.31. The number of hydrogen-bond donors (Lipinski definition) is 13. The number of ether oxygens (including phenoxy) is 9. The zero-order valence-corrected chi connectivity index (χ0v) is 82.8. The second-order valence-electron chi connectivity index (χ2n) is 36.8. The highest BCUT2D eigenvalue weighted by Crippen LogP contribution is 2.37. The van der Waals surface area contributed by atoms with Gasteiger partial charge in [0.2, 0.25) is 65.0 Å². The maximum absolute atomic E-state index is 14.2. The highest BCUT2D eigenvalue weighted by atomic mass is 16.7. The summed E-state index contributed by atoms with van der Waals surface area (Å²) in [6.07, 6.45) is 9.01. The number of amides is 15. The Morgan fingerprint density at radius 1 is 0.333 bits per heavy atom. The van der Waals surface area contributed by atoms with Crippen molar-refractivity contribution in [3.63, 3.8) is 0 Å². The van der Waals surface area contributed by atoms with Gasteiger partial charge in [0.1, 0.15) is 24.4 Å². The second kappa shape index (κ2) is 61.1. The molecule has 1 aromatic rings. The monoisotopic (exact) mass is 1910 g/mol. The van der Waals surface area contributed by atoms with E-state index in [1.807, 2.05) is 13.8 Å². The maximum atomic E-state index is 14.2. The average molecular weight is 1910 g/mol. The largest absolute Gasteiger partial charge is 0.492 e. The third kappa shape index (κ3) is 39.6. The summed E-state index contributed by atoms with van der Waals surface area (Å²) in [7, 11) is 0. The van der Waals surface area contributed by atoms with Gasteiger partial charge in [0, 0.05) is 155 Å². The lowest BCUT2D eigenvalue weighted by Crippen LogP contribution is -2.57. The van der Waals surface area contributed by atoms with E-state index in [0.717, 1.165) is 42.7 Å². The van der Waals surface area contributed by atoms with E-state index in [2.05, 4.69) is 138 Å². The van der Waals surface area contributed by atoms with Gasteiger partial charge < -0.3 is 112 Å². The summed E-state index contributed by atoms with van der Waals surface area (Å²) in [5.41, 5.74) is -0.0998. The number of carbonyl (C=O) groups is 15. The van der Waals surface area contributed by atoms with Gasteiger partial charge in [-0.2, -0.15) is 0 Å². The van der Waals surface area contributed by atoms with Gasteiger partial charge in [-0.05, 0) is 181 Å². The summed E-state index contributed by atoms with van der Waals surface area (Å²) in [5, 5.41) is 37.4. The van der Waals surface area contributed by atoms with Crippen LogP contribution in [0.2, 0.25) is 0 Å². The molecule has 4 saturated heterocycles. The van der Waals surface area contributed by atoms with Crippen LogP contribution in [-0.2, 0) is 100 Å². The third-order valence-electron chi connectivity index (χ3n) is 26.5. The molecule has 22 atom stereocenters. The molecule has 0 bridgehead atoms. The van der Waals surface area contributed by atoms with Crippen molar-refractivity contribution in [1.82, 2.24) is 74.0 Å². The van der Waals surface area contributed by atoms with E-state index in [4.69, 9.17) is 42.6 Å². The molecule has 762 valence electrons. The molecular formula is C97H160N14O24. The summed E-state index contributed by atoms with van der Waals surface area (Å²) in [5.74, 6) is -4.72. The molecule has 5 aliphatic heterocycles. The molecule has 0 saturated carbocycles. The molecule has 0 spiro atoms. The van der Waals surface area contributed by atoms with Crippen LogP contribution in [0.15, 0.2) is 30.4 Å². The van der Waals surface area contributed by atoms with Gasteiger partial charge in [-0.15, -0.1) is 0 Å². The zero-order chi connectivity index (χ0) is 99.2. The summed E-state index contributed by atoms with van der Waals surface area (Å²) in [4.78, 5) is 197. The van der Waals surface area contributed by atoms with Crippen LogP contribution < -0.4 is 73.9 Å². The molecule has 15 amide bonds. The number of unbranched alkanes of at least 4 members (excludes halogenated alkanes) is 6. The van der Waals surface area contributed by atoms with Crippen molar-refractivity contribution in [2.24, 2.45) is 47.3 Å². The summed E-state index contributed by atoms with van der Waals surface area (Å²) in [6.45, 7) is 31.5. The topological polar surface area (TPSA) is 499 Å². The third-order valence-corrected chi connectivity index (χ3v) is 26.5. The van der Waals surface area contributed by atoms with Crippen molar-refractivity contribution in [2.45, 2.75) is 344 Å². The van der Waals surface area contributed by atoms with E-state index < -0.39 is 90.4 Å². The summed E-state index contributed by atoms with van der Waals surface area (Å²) < 4.78 is 55.8. The van der Waals surface area contributed by atoms with Crippen LogP contribution in [0.25, 0.3) is 0 Å². The molecule has 38 nitrogen and oxygen atoms in total. The molecule has 4 fully saturated rings. The van der Waals surface area contributed by atoms with E-state index >= 15 is 0 Å². The molecule has 38 heteroatoms. The van der Waals surface area contributed by atoms with E-state index in [1.165, 1.54) is 45.9 Å². The Balaban J connectivity index is 1.07. The average Bonchev–Trinajstić information content (AvgIpc) is 1.11. The first-order chi connectivity index (χ1) is 64.5. The maximum Gasteiger partial charge on any atom is 0.253 e. The predicted molar refractivity (Wildman–Crippen MR) is 502 cm³/mol. The van der Waals surface area contributed by atoms with Gasteiger partial charge in [-0.3, -0.25) is 76.8 Å². The number of imide groups is 1. The molecule has 135 heavy (non-hydrogen) atoms. The molecule has 20 unspecified atom stereocenters. The van der Waals surface area contributed by atoms with Crippen LogP contribution in [-0.4, -0.2) is 265 Å². The first-order valence-electron chi connectivity index (χ1n) is 49.5. The Labute approximate surface area is 797 Å². The SMILES string of the molecule is CCC1OC(OCCCCC(=O)NCCCC[C@H](NC(=O)CCCCOC2OC(CC)C(C)C(C)C2NC(C)=O)C(=O)NCCNC(=O)c2cc(OCCNC(=O)CCN3C(=O)C=CC3=O)cc(C(=O)NCCNC(=O)[C@H](CCCCNC(=O)CCCCOC3OC(CC)C(C)C(C)C3NC(C)=O)NC(=O)CCCCOC3OC(CC)C(C)C(C)C3NC(C)=O)c2)C(NC(C)=O)C(C)C1C. The normalized spacial score (nSPS) is 25.8. The fourth-order valence-corrected chi connectivity index (χ4v) is 17.8. The van der Waals surface area contributed by atoms with Crippen LogP contribution >= 0.6 is 0 Å². The molecule has 13 N–H and O–H groups in total. The highest BCUT2D eigenvalue weighted by molar-refractivity contribution is 6.13. The predicted octanol–water partition coefficient (Wildman–Crippen LogP) is 6.13. The standard InChI is InChI=1S/C97H160N14O24/c1-17-75-58(5)62(9)86(105-66(13)112)94(132-75)128-50-29-23-35-79(116)98-42-27-21-33-73(109-82(119)37-25-31-52-130-96-88(107-68(15)114)64(11)60(7)77(19-3)134-96)92(125)103-46-44-101-90(123)70-55-71(57-72(56-70)127-54-48-100-81(118)41-49-111-84(121)39-40-85(111)122)91(124)102-45-47-104-93(126)74(110-83(120)38-26-32-53-131-97-89(108-69(16)115)65(12)61(8)78(20-4)135-97)34-22-28-43-99-80(117)36-24-30-51-129-95-87(106-67(14)113)63(10)59(6)76(18-2)133-95/h39-40,55-65,73-78,86-89,94-97H,17-38,41-54H2,1-16H3,(H,98,116)(H,99,117)(H,100,118)(H,101,123)(H,102,124)(H,103,125)(H,104,126)(H,105,112)(H,106,113)(H,107,114)(H,108,115)(H,109,119)(H,110,120)/t58?,59?,60?,61?,62?,63?,64?,65?,73-,74-,75?,76?,77?,78?,86?,87?,88?,89?,94?,95?,96?,97?/m0/s1. The van der Waals surface area contributed by atoms with Gasteiger partial charge in [0.25, 0.3) is 23.6 Å². The van der Waals surface area contributed by atoms with Crippen molar-refractivity contribution >= 4 is 88.6 Å². The van der Waals surface area contributed by atoms with E-state index in [9.17, 15) is 71.9 Å². The van der Waals surface area contributed by atoms with Gasteiger partial charge in [-0.25, -0.2) is 0 Å². The molecular weight excluding hydrogens is 1750 g/mol. The number of nitrogens with one attached hydrogen (secondary N) is 13. The zero-order valence-electron chi connectivity index (χ0n) is 82.8. The van der Waals surface area contributed by atoms with Crippen LogP contribution in [0.4, 0.5) is 0 Å². The van der Waals surface area contributed by atoms with Gasteiger partial charge in [0.15, 0.2) is 25.2 Å². The minimum absolute atomic E-state index is 0.0203. The van der Waals surface area contributed by atoms with E-state index in [0.29, 0.717) is 103 Å². The molecule has 6 rings (SSSR count). The highest BCUT2D eigenvalue weighted by Gasteiger charge is 2.46. The molecule has 5 aliphatic rings. The molecule has 5 heterocycles. The van der Waals surface area contributed by atoms with Crippen LogP contribution in [0.1, 0.15) is 279 Å². The number of benzene rings is 1. The molecule has 1 aromatic carbocycles. The van der Waals surface area contributed by atoms with Gasteiger partial charge in [0.05, 0.1) is 55.1 Å². The van der Waals surface area contributed by atoms with Crippen LogP contribution in [0.3, 0.4) is 0 Å². The smallest absolute Gasteiger partial charge is 0.253 e. The Bertz CT molecular complexity index is 3760. The van der Waals surface area contributed by atoms with Gasteiger partial charge >= 0.3 is 0 Å². The van der Waals surface area contributed by atoms with Crippen molar-refractivity contribution in [1.29, 1.82) is 0 Å². The number of carbonyl (C=O) groups excluding carboxylic acids is 15. The number of rotatable bonds is 61. The molecule has 0 aromatic heterocycles. The van der Waals surface area contributed by atoms with Crippen molar-refractivity contribution in [3.8, 4) is 5.75 Å². The fraction of sp³-hybridized carbons (Fsp3) is 0.763. The van der Waals surface area contributed by atoms with Crippen LogP contribution in [0.5, 0.6) is 5.75 Å². The van der Waals surface area contributed by atoms with E-state index in [1.54, 1.807) is 0 Å². The van der Waals surface area contributed by atoms with Gasteiger partial charge in [-0.1, -0.05) is 83.1 Å². The van der Waals surface area contributed by atoms with Crippen molar-refractivity contribution in [2.75, 3.05) is 85.4 Å². The quantitative estimate of drug-likeness (QED) is 0.0258. The minimum atomic E-state index is -1.02. The first-order valence-corrected chi connectivity index (χ1v) is 49.5. The van der Waals surface area contributed by atoms with Crippen molar-refractivity contribution in [3.05, 3.63) is 41.5 Å². The number of nitrogens with zero attached hydrogens (tertiary/aromatic N) is 1. The minimum Gasteiger partial charge on any atom is -0.492 e. The fourth-order valence-electron chi connectivity index (χ4n) is 17.8.